The third-order valence-corrected chi connectivity index (χ3v) is 5.96. The van der Waals surface area contributed by atoms with Crippen molar-refractivity contribution in [1.29, 1.82) is 10.5 Å². The average molecular weight is 398 g/mol. The van der Waals surface area contributed by atoms with Gasteiger partial charge in [0.1, 0.15) is 17.7 Å². The second-order valence-corrected chi connectivity index (χ2v) is 7.69. The first kappa shape index (κ1) is 18.3. The van der Waals surface area contributed by atoms with Gasteiger partial charge in [-0.3, -0.25) is 0 Å². The highest BCUT2D eigenvalue weighted by molar-refractivity contribution is 7.91. The summed E-state index contributed by atoms with van der Waals surface area (Å²) in [5, 5.41) is 17.6. The fraction of sp³-hybridized carbons (Fsp3) is 0. The Morgan fingerprint density at radius 3 is 2.00 bits per heavy atom. The van der Waals surface area contributed by atoms with E-state index in [9.17, 15) is 8.42 Å². The lowest BCUT2D eigenvalue weighted by atomic mass is 10.1. The third-order valence-electron chi connectivity index (χ3n) is 3.01. The molecule has 0 aromatic heterocycles. The van der Waals surface area contributed by atoms with Crippen molar-refractivity contribution in [2.45, 2.75) is 9.79 Å². The average Bonchev–Trinajstić information content (AvgIpc) is 2.56. The van der Waals surface area contributed by atoms with Gasteiger partial charge >= 0.3 is 0 Å². The Morgan fingerprint density at radius 2 is 1.46 bits per heavy atom. The van der Waals surface area contributed by atoms with Crippen LogP contribution in [0.5, 0.6) is 0 Å². The maximum atomic E-state index is 12.7. The highest BCUT2D eigenvalue weighted by Crippen LogP contribution is 2.34. The second-order valence-electron chi connectivity index (χ2n) is 4.55. The van der Waals surface area contributed by atoms with E-state index in [0.717, 1.165) is 0 Å². The molecule has 0 bridgehead atoms. The quantitative estimate of drug-likeness (QED) is 0.544. The molecule has 0 heterocycles. The Bertz CT molecular complexity index is 999. The maximum Gasteiger partial charge on any atom is 0.208 e. The fourth-order valence-electron chi connectivity index (χ4n) is 1.84. The number of allylic oxidation sites excluding steroid dienone is 1. The molecule has 0 aliphatic rings. The minimum atomic E-state index is -3.89. The zero-order valence-corrected chi connectivity index (χ0v) is 14.9. The summed E-state index contributed by atoms with van der Waals surface area (Å²) in [5.74, 6) is 0. The van der Waals surface area contributed by atoms with Gasteiger partial charge in [-0.1, -0.05) is 46.9 Å². The Kier molecular flexibility index (Phi) is 5.54. The summed E-state index contributed by atoms with van der Waals surface area (Å²) in [6.07, 6.45) is 1.35. The van der Waals surface area contributed by atoms with Crippen molar-refractivity contribution in [1.82, 2.24) is 0 Å². The van der Waals surface area contributed by atoms with Crippen LogP contribution in [0.1, 0.15) is 5.56 Å². The van der Waals surface area contributed by atoms with Crippen LogP contribution in [-0.4, -0.2) is 8.42 Å². The van der Waals surface area contributed by atoms with E-state index in [1.807, 2.05) is 0 Å². The van der Waals surface area contributed by atoms with E-state index in [1.165, 1.54) is 42.5 Å². The molecule has 4 nitrogen and oxygen atoms in total. The van der Waals surface area contributed by atoms with Crippen LogP contribution in [0.15, 0.2) is 51.8 Å². The van der Waals surface area contributed by atoms with Gasteiger partial charge in [0.15, 0.2) is 0 Å². The van der Waals surface area contributed by atoms with Gasteiger partial charge in [-0.25, -0.2) is 8.42 Å². The fourth-order valence-corrected chi connectivity index (χ4v) is 4.09. The summed E-state index contributed by atoms with van der Waals surface area (Å²) < 4.78 is 25.3. The summed E-state index contributed by atoms with van der Waals surface area (Å²) in [4.78, 5) is -0.160. The molecular formula is C16H7Cl3N2O2S. The highest BCUT2D eigenvalue weighted by Gasteiger charge is 2.22. The zero-order chi connectivity index (χ0) is 17.9. The lowest BCUT2D eigenvalue weighted by Gasteiger charge is -2.08. The van der Waals surface area contributed by atoms with Crippen molar-refractivity contribution in [3.8, 4) is 12.1 Å². The van der Waals surface area contributed by atoms with E-state index in [2.05, 4.69) is 0 Å². The molecule has 0 fully saturated rings. The van der Waals surface area contributed by atoms with Crippen molar-refractivity contribution in [3.63, 3.8) is 0 Å². The number of halogens is 3. The number of nitrogens with zero attached hydrogens (tertiary/aromatic N) is 2. The number of hydrogen-bond donors (Lipinski definition) is 0. The lowest BCUT2D eigenvalue weighted by molar-refractivity contribution is 0.596. The molecule has 2 rings (SSSR count). The minimum Gasteiger partial charge on any atom is -0.218 e. The molecule has 0 atom stereocenters. The van der Waals surface area contributed by atoms with Gasteiger partial charge in [0, 0.05) is 0 Å². The van der Waals surface area contributed by atoms with Gasteiger partial charge < -0.3 is 0 Å². The molecule has 24 heavy (non-hydrogen) atoms. The van der Waals surface area contributed by atoms with Crippen LogP contribution in [-0.2, 0) is 9.84 Å². The molecule has 8 heteroatoms. The van der Waals surface area contributed by atoms with Crippen LogP contribution in [0.2, 0.25) is 15.1 Å². The predicted molar refractivity (Wildman–Crippen MR) is 92.6 cm³/mol. The molecule has 0 aliphatic carbocycles. The standard InChI is InChI=1S/C16H7Cl3N2O2S/c17-13-6-15(19)16(7-14(13)18)24(22,23)12-3-1-10(2-4-12)5-11(8-20)9-21/h1-7H. The second kappa shape index (κ2) is 7.25. The van der Waals surface area contributed by atoms with E-state index in [-0.39, 0.29) is 30.4 Å². The summed E-state index contributed by atoms with van der Waals surface area (Å²) in [7, 11) is -3.89. The van der Waals surface area contributed by atoms with Gasteiger partial charge in [0.2, 0.25) is 9.84 Å². The van der Waals surface area contributed by atoms with Crippen LogP contribution in [0, 0.1) is 22.7 Å². The highest BCUT2D eigenvalue weighted by atomic mass is 35.5. The number of sulfone groups is 1. The molecular weight excluding hydrogens is 391 g/mol. The largest absolute Gasteiger partial charge is 0.218 e. The molecule has 0 unspecified atom stereocenters. The van der Waals surface area contributed by atoms with Crippen molar-refractivity contribution in [2.75, 3.05) is 0 Å². The van der Waals surface area contributed by atoms with E-state index in [1.54, 1.807) is 12.1 Å². The Hall–Kier alpha value is -2.02. The normalized spacial score (nSPS) is 10.5. The van der Waals surface area contributed by atoms with E-state index in [0.29, 0.717) is 5.56 Å². The maximum absolute atomic E-state index is 12.7. The molecule has 0 saturated carbocycles. The first-order valence-electron chi connectivity index (χ1n) is 6.31. The molecule has 0 spiro atoms. The predicted octanol–water partition coefficient (Wildman–Crippen LogP) is 4.91. The van der Waals surface area contributed by atoms with Crippen molar-refractivity contribution < 1.29 is 8.42 Å². The molecule has 120 valence electrons. The summed E-state index contributed by atoms with van der Waals surface area (Å²) in [5.41, 5.74) is 0.436. The van der Waals surface area contributed by atoms with Crippen molar-refractivity contribution >= 4 is 50.7 Å². The molecule has 2 aromatic rings. The summed E-state index contributed by atoms with van der Waals surface area (Å²) in [6, 6.07) is 11.6. The summed E-state index contributed by atoms with van der Waals surface area (Å²) >= 11 is 17.6. The Labute approximate surface area is 154 Å². The lowest BCUT2D eigenvalue weighted by Crippen LogP contribution is -2.03. The van der Waals surface area contributed by atoms with E-state index < -0.39 is 9.84 Å². The van der Waals surface area contributed by atoms with E-state index >= 15 is 0 Å². The van der Waals surface area contributed by atoms with Gasteiger partial charge in [-0.15, -0.1) is 0 Å². The van der Waals surface area contributed by atoms with Crippen LogP contribution >= 0.6 is 34.8 Å². The van der Waals surface area contributed by atoms with E-state index in [4.69, 9.17) is 45.3 Å². The van der Waals surface area contributed by atoms with Crippen LogP contribution in [0.25, 0.3) is 6.08 Å². The Morgan fingerprint density at radius 1 is 0.917 bits per heavy atom. The van der Waals surface area contributed by atoms with Crippen LogP contribution < -0.4 is 0 Å². The third kappa shape index (κ3) is 3.72. The SMILES string of the molecule is N#CC(C#N)=Cc1ccc(S(=O)(=O)c2cc(Cl)c(Cl)cc2Cl)cc1. The van der Waals surface area contributed by atoms with Gasteiger partial charge in [-0.2, -0.15) is 10.5 Å². The van der Waals surface area contributed by atoms with Crippen LogP contribution in [0.4, 0.5) is 0 Å². The Balaban J connectivity index is 2.49. The molecule has 0 amide bonds. The smallest absolute Gasteiger partial charge is 0.208 e. The molecule has 0 N–H and O–H groups in total. The van der Waals surface area contributed by atoms with Crippen LogP contribution in [0.3, 0.4) is 0 Å². The monoisotopic (exact) mass is 396 g/mol. The van der Waals surface area contributed by atoms with Gasteiger partial charge in [0.05, 0.1) is 24.9 Å². The number of nitriles is 2. The van der Waals surface area contributed by atoms with Crippen molar-refractivity contribution in [2.24, 2.45) is 0 Å². The zero-order valence-electron chi connectivity index (χ0n) is 11.8. The molecule has 0 radical (unpaired) electrons. The van der Waals surface area contributed by atoms with Gasteiger partial charge in [-0.05, 0) is 35.9 Å². The number of benzene rings is 2. The summed E-state index contributed by atoms with van der Waals surface area (Å²) in [6.45, 7) is 0. The van der Waals surface area contributed by atoms with Crippen molar-refractivity contribution in [3.05, 3.63) is 62.6 Å². The molecule has 0 aliphatic heterocycles. The number of hydrogen-bond acceptors (Lipinski definition) is 4. The topological polar surface area (TPSA) is 81.7 Å². The molecule has 0 saturated heterocycles. The molecule has 2 aromatic carbocycles. The first-order chi connectivity index (χ1) is 11.3. The minimum absolute atomic E-state index is 0.00426. The first-order valence-corrected chi connectivity index (χ1v) is 8.93. The number of rotatable bonds is 3. The van der Waals surface area contributed by atoms with Gasteiger partial charge in [0.25, 0.3) is 0 Å².